The minimum Gasteiger partial charge on any atom is -0.420 e. The van der Waals surface area contributed by atoms with Gasteiger partial charge in [-0.05, 0) is 17.5 Å². The molecular formula is C13H15N3OS2. The van der Waals surface area contributed by atoms with Crippen LogP contribution in [0.1, 0.15) is 19.7 Å². The maximum absolute atomic E-state index is 5.70. The Morgan fingerprint density at radius 2 is 2.21 bits per heavy atom. The maximum Gasteiger partial charge on any atom is 0.257 e. The number of thiophene rings is 2. The van der Waals surface area contributed by atoms with Crippen molar-refractivity contribution in [3.63, 3.8) is 0 Å². The second-order valence-corrected chi connectivity index (χ2v) is 6.65. The molecule has 100 valence electrons. The van der Waals surface area contributed by atoms with Gasteiger partial charge < -0.3 is 9.73 Å². The minimum absolute atomic E-state index is 0.478. The Hall–Kier alpha value is -1.24. The zero-order chi connectivity index (χ0) is 13.2. The lowest BCUT2D eigenvalue weighted by atomic mass is 10.3. The Kier molecular flexibility index (Phi) is 3.63. The standard InChI is InChI=1S/C13H15N3OS2/c1-8(2)14-5-3-12-15-16-13(17-12)11-7-10-9(19-11)4-6-18-10/h4,6-8,14H,3,5H2,1-2H3. The van der Waals surface area contributed by atoms with Crippen LogP contribution in [0.3, 0.4) is 0 Å². The van der Waals surface area contributed by atoms with Crippen LogP contribution in [0.5, 0.6) is 0 Å². The van der Waals surface area contributed by atoms with E-state index in [9.17, 15) is 0 Å². The number of nitrogens with zero attached hydrogens (tertiary/aromatic N) is 2. The van der Waals surface area contributed by atoms with E-state index in [0.29, 0.717) is 17.8 Å². The number of hydrogen-bond donors (Lipinski definition) is 1. The molecule has 0 fully saturated rings. The van der Waals surface area contributed by atoms with Crippen LogP contribution in [-0.2, 0) is 6.42 Å². The van der Waals surface area contributed by atoms with E-state index >= 15 is 0 Å². The number of aromatic nitrogens is 2. The van der Waals surface area contributed by atoms with Gasteiger partial charge in [0.05, 0.1) is 4.88 Å². The predicted molar refractivity (Wildman–Crippen MR) is 79.8 cm³/mol. The molecule has 0 aliphatic rings. The Morgan fingerprint density at radius 3 is 3.00 bits per heavy atom. The molecule has 0 aromatic carbocycles. The van der Waals surface area contributed by atoms with Gasteiger partial charge in [0.2, 0.25) is 5.89 Å². The average molecular weight is 293 g/mol. The minimum atomic E-state index is 0.478. The van der Waals surface area contributed by atoms with Gasteiger partial charge in [-0.1, -0.05) is 13.8 Å². The van der Waals surface area contributed by atoms with E-state index < -0.39 is 0 Å². The first-order valence-electron chi connectivity index (χ1n) is 6.25. The summed E-state index contributed by atoms with van der Waals surface area (Å²) in [7, 11) is 0. The monoisotopic (exact) mass is 293 g/mol. The fraction of sp³-hybridized carbons (Fsp3) is 0.385. The second-order valence-electron chi connectivity index (χ2n) is 4.62. The van der Waals surface area contributed by atoms with Gasteiger partial charge in [-0.25, -0.2) is 0 Å². The van der Waals surface area contributed by atoms with E-state index in [4.69, 9.17) is 4.42 Å². The quantitative estimate of drug-likeness (QED) is 0.781. The van der Waals surface area contributed by atoms with E-state index in [0.717, 1.165) is 17.8 Å². The van der Waals surface area contributed by atoms with Crippen molar-refractivity contribution in [2.75, 3.05) is 6.54 Å². The van der Waals surface area contributed by atoms with E-state index in [1.54, 1.807) is 22.7 Å². The summed E-state index contributed by atoms with van der Waals surface area (Å²) in [5.74, 6) is 1.33. The Balaban J connectivity index is 1.72. The molecule has 1 N–H and O–H groups in total. The van der Waals surface area contributed by atoms with Crippen LogP contribution in [-0.4, -0.2) is 22.8 Å². The van der Waals surface area contributed by atoms with Gasteiger partial charge in [0, 0.05) is 28.4 Å². The first-order valence-corrected chi connectivity index (χ1v) is 7.95. The Labute approximate surface area is 119 Å². The average Bonchev–Trinajstić information content (AvgIpc) is 3.01. The zero-order valence-corrected chi connectivity index (χ0v) is 12.5. The van der Waals surface area contributed by atoms with Crippen molar-refractivity contribution in [2.24, 2.45) is 0 Å². The van der Waals surface area contributed by atoms with Crippen molar-refractivity contribution in [3.8, 4) is 10.8 Å². The summed E-state index contributed by atoms with van der Waals surface area (Å²) in [6, 6.07) is 4.72. The molecule has 3 heterocycles. The third-order valence-electron chi connectivity index (χ3n) is 2.71. The first kappa shape index (κ1) is 12.8. The predicted octanol–water partition coefficient (Wildman–Crippen LogP) is 3.55. The largest absolute Gasteiger partial charge is 0.420 e. The van der Waals surface area contributed by atoms with Gasteiger partial charge in [-0.15, -0.1) is 32.9 Å². The third-order valence-corrected chi connectivity index (χ3v) is 4.79. The first-order chi connectivity index (χ1) is 9.22. The lowest BCUT2D eigenvalue weighted by Crippen LogP contribution is -2.25. The van der Waals surface area contributed by atoms with Crippen molar-refractivity contribution >= 4 is 32.1 Å². The van der Waals surface area contributed by atoms with E-state index in [2.05, 4.69) is 46.9 Å². The molecule has 0 bridgehead atoms. The van der Waals surface area contributed by atoms with Crippen LogP contribution in [0.2, 0.25) is 0 Å². The summed E-state index contributed by atoms with van der Waals surface area (Å²) in [5.41, 5.74) is 0. The molecule has 19 heavy (non-hydrogen) atoms. The van der Waals surface area contributed by atoms with Gasteiger partial charge in [-0.2, -0.15) is 0 Å². The lowest BCUT2D eigenvalue weighted by molar-refractivity contribution is 0.485. The van der Waals surface area contributed by atoms with Crippen molar-refractivity contribution in [3.05, 3.63) is 23.4 Å². The molecule has 0 saturated carbocycles. The number of hydrogen-bond acceptors (Lipinski definition) is 6. The summed E-state index contributed by atoms with van der Waals surface area (Å²) >= 11 is 3.43. The fourth-order valence-corrected chi connectivity index (χ4v) is 3.82. The van der Waals surface area contributed by atoms with Crippen LogP contribution in [0.25, 0.3) is 20.2 Å². The normalized spacial score (nSPS) is 11.7. The highest BCUT2D eigenvalue weighted by atomic mass is 32.1. The fourth-order valence-electron chi connectivity index (χ4n) is 1.79. The maximum atomic E-state index is 5.70. The molecule has 0 aliphatic heterocycles. The van der Waals surface area contributed by atoms with Crippen LogP contribution >= 0.6 is 22.7 Å². The van der Waals surface area contributed by atoms with Crippen LogP contribution in [0.15, 0.2) is 21.9 Å². The number of rotatable bonds is 5. The van der Waals surface area contributed by atoms with Crippen molar-refractivity contribution in [1.29, 1.82) is 0 Å². The van der Waals surface area contributed by atoms with E-state index in [1.165, 1.54) is 9.40 Å². The van der Waals surface area contributed by atoms with Gasteiger partial charge in [0.25, 0.3) is 5.89 Å². The molecule has 3 rings (SSSR count). The summed E-state index contributed by atoms with van der Waals surface area (Å²) in [5, 5.41) is 13.7. The molecular weight excluding hydrogens is 278 g/mol. The Bertz CT molecular complexity index is 640. The van der Waals surface area contributed by atoms with Gasteiger partial charge >= 0.3 is 0 Å². The summed E-state index contributed by atoms with van der Waals surface area (Å²) < 4.78 is 8.26. The number of nitrogens with one attached hydrogen (secondary N) is 1. The van der Waals surface area contributed by atoms with E-state index in [-0.39, 0.29) is 0 Å². The van der Waals surface area contributed by atoms with Gasteiger partial charge in [-0.3, -0.25) is 0 Å². The molecule has 0 spiro atoms. The van der Waals surface area contributed by atoms with Crippen molar-refractivity contribution in [1.82, 2.24) is 15.5 Å². The third kappa shape index (κ3) is 2.86. The molecule has 3 aromatic rings. The van der Waals surface area contributed by atoms with Crippen molar-refractivity contribution in [2.45, 2.75) is 26.3 Å². The number of fused-ring (bicyclic) bond motifs is 1. The molecule has 0 unspecified atom stereocenters. The molecule has 0 amide bonds. The molecule has 0 atom stereocenters. The summed E-state index contributed by atoms with van der Waals surface area (Å²) in [4.78, 5) is 1.05. The zero-order valence-electron chi connectivity index (χ0n) is 10.8. The van der Waals surface area contributed by atoms with E-state index in [1.807, 2.05) is 0 Å². The van der Waals surface area contributed by atoms with Gasteiger partial charge in [0.15, 0.2) is 0 Å². The second kappa shape index (κ2) is 5.40. The molecule has 4 nitrogen and oxygen atoms in total. The molecule has 0 radical (unpaired) electrons. The highest BCUT2D eigenvalue weighted by molar-refractivity contribution is 7.28. The van der Waals surface area contributed by atoms with Crippen LogP contribution in [0, 0.1) is 0 Å². The molecule has 3 aromatic heterocycles. The molecule has 0 saturated heterocycles. The highest BCUT2D eigenvalue weighted by Gasteiger charge is 2.12. The van der Waals surface area contributed by atoms with Crippen LogP contribution < -0.4 is 5.32 Å². The van der Waals surface area contributed by atoms with Gasteiger partial charge in [0.1, 0.15) is 0 Å². The molecule has 0 aliphatic carbocycles. The smallest absolute Gasteiger partial charge is 0.257 e. The lowest BCUT2D eigenvalue weighted by Gasteiger charge is -2.04. The topological polar surface area (TPSA) is 51.0 Å². The summed E-state index contributed by atoms with van der Waals surface area (Å²) in [6.07, 6.45) is 0.769. The summed E-state index contributed by atoms with van der Waals surface area (Å²) in [6.45, 7) is 5.11. The highest BCUT2D eigenvalue weighted by Crippen LogP contribution is 2.35. The van der Waals surface area contributed by atoms with Crippen molar-refractivity contribution < 1.29 is 4.42 Å². The molecule has 6 heteroatoms. The SMILES string of the molecule is CC(C)NCCc1nnc(-c2cc3sccc3s2)o1. The Morgan fingerprint density at radius 1 is 1.32 bits per heavy atom. The van der Waals surface area contributed by atoms with Crippen LogP contribution in [0.4, 0.5) is 0 Å².